The molecule has 0 spiro atoms. The van der Waals surface area contributed by atoms with E-state index in [2.05, 4.69) is 0 Å². The van der Waals surface area contributed by atoms with Crippen LogP contribution in [0.5, 0.6) is 0 Å². The molecule has 0 unspecified atom stereocenters. The van der Waals surface area contributed by atoms with E-state index in [0.29, 0.717) is 17.7 Å². The van der Waals surface area contributed by atoms with Crippen LogP contribution in [0.15, 0.2) is 29.2 Å². The van der Waals surface area contributed by atoms with E-state index in [-0.39, 0.29) is 5.92 Å². The van der Waals surface area contributed by atoms with Gasteiger partial charge in [0, 0.05) is 0 Å². The van der Waals surface area contributed by atoms with Gasteiger partial charge in [-0.1, -0.05) is 73.1 Å². The van der Waals surface area contributed by atoms with Crippen molar-refractivity contribution in [2.24, 2.45) is 0 Å². The zero-order chi connectivity index (χ0) is 16.0. The highest BCUT2D eigenvalue weighted by Gasteiger charge is 2.65. The van der Waals surface area contributed by atoms with Crippen molar-refractivity contribution in [2.75, 3.05) is 0 Å². The van der Waals surface area contributed by atoms with Gasteiger partial charge in [0.2, 0.25) is 0 Å². The summed E-state index contributed by atoms with van der Waals surface area (Å²) in [4.78, 5) is -1.83. The van der Waals surface area contributed by atoms with Crippen molar-refractivity contribution in [1.29, 1.82) is 0 Å². The highest BCUT2D eigenvalue weighted by Crippen LogP contribution is 3.02. The summed E-state index contributed by atoms with van der Waals surface area (Å²) in [5, 5.41) is 0. The molecule has 0 bridgehead atoms. The zero-order valence-electron chi connectivity index (χ0n) is 12.2. The van der Waals surface area contributed by atoms with E-state index < -0.39 is 15.1 Å². The molecule has 0 atom stereocenters. The Morgan fingerprint density at radius 2 is 1.05 bits per heavy atom. The van der Waals surface area contributed by atoms with Crippen LogP contribution in [0.2, 0.25) is 0 Å². The Morgan fingerprint density at radius 3 is 1.26 bits per heavy atom. The summed E-state index contributed by atoms with van der Waals surface area (Å²) in [5.41, 5.74) is 0.598. The maximum absolute atomic E-state index is 12.3. The summed E-state index contributed by atoms with van der Waals surface area (Å²) in [6.07, 6.45) is 0. The molecule has 0 saturated heterocycles. The summed E-state index contributed by atoms with van der Waals surface area (Å²) in [6.45, 7) is 11.5. The van der Waals surface area contributed by atoms with E-state index in [1.165, 1.54) is 0 Å². The number of halogens is 5. The first-order valence-corrected chi connectivity index (χ1v) is 8.19. The van der Waals surface area contributed by atoms with Crippen LogP contribution in [0.25, 0.3) is 0 Å². The molecule has 0 N–H and O–H groups in total. The molecule has 6 heteroatoms. The lowest BCUT2D eigenvalue weighted by molar-refractivity contribution is 0.364. The van der Waals surface area contributed by atoms with E-state index in [1.807, 2.05) is 27.7 Å². The maximum atomic E-state index is 12.3. The Kier molecular flexibility index (Phi) is 6.61. The van der Waals surface area contributed by atoms with Gasteiger partial charge in [0.25, 0.3) is 0 Å². The van der Waals surface area contributed by atoms with Gasteiger partial charge in [0.15, 0.2) is 0 Å². The monoisotopic (exact) mass is 306 g/mol. The quantitative estimate of drug-likeness (QED) is 0.496. The summed E-state index contributed by atoms with van der Waals surface area (Å²) >= 11 is 0. The van der Waals surface area contributed by atoms with Crippen LogP contribution in [0, 0.1) is 0 Å². The van der Waals surface area contributed by atoms with E-state index in [0.717, 1.165) is 12.1 Å². The van der Waals surface area contributed by atoms with Crippen molar-refractivity contribution >= 4 is 10.2 Å². The Hall–Kier alpha value is -0.780. The minimum Gasteiger partial charge on any atom is -0.0936 e. The van der Waals surface area contributed by atoms with Gasteiger partial charge in [-0.15, -0.1) is 0 Å². The summed E-state index contributed by atoms with van der Waals surface area (Å²) in [6, 6.07) is 3.05. The largest absolute Gasteiger partial charge is 0.310 e. The molecule has 0 amide bonds. The molecule has 0 aliphatic heterocycles. The Labute approximate surface area is 112 Å². The molecule has 0 heterocycles. The van der Waals surface area contributed by atoms with Gasteiger partial charge >= 0.3 is 10.2 Å². The summed E-state index contributed by atoms with van der Waals surface area (Å²) < 4.78 is 61.4. The molecule has 1 rings (SSSR count). The van der Waals surface area contributed by atoms with Gasteiger partial charge < -0.3 is 0 Å². The fourth-order valence-corrected chi connectivity index (χ4v) is 1.76. The van der Waals surface area contributed by atoms with Crippen molar-refractivity contribution in [3.05, 3.63) is 29.8 Å². The normalized spacial score (nSPS) is 14.3. The van der Waals surface area contributed by atoms with Gasteiger partial charge in [-0.3, -0.25) is 0 Å². The van der Waals surface area contributed by atoms with Crippen LogP contribution in [0.4, 0.5) is 19.4 Å². The average Bonchev–Trinajstić information content (AvgIpc) is 2.31. The third-order valence-corrected chi connectivity index (χ3v) is 3.16. The number of rotatable bonds is 2. The minimum atomic E-state index is -9.49. The maximum Gasteiger partial charge on any atom is 0.310 e. The van der Waals surface area contributed by atoms with Crippen LogP contribution < -0.4 is 0 Å². The molecule has 19 heavy (non-hydrogen) atoms. The second kappa shape index (κ2) is 6.11. The van der Waals surface area contributed by atoms with Crippen LogP contribution in [-0.4, -0.2) is 0 Å². The van der Waals surface area contributed by atoms with Crippen molar-refractivity contribution in [3.8, 4) is 0 Å². The molecule has 0 aliphatic carbocycles. The van der Waals surface area contributed by atoms with Crippen LogP contribution in [0.3, 0.4) is 0 Å². The van der Waals surface area contributed by atoms with Crippen molar-refractivity contribution < 1.29 is 19.4 Å². The Balaban J connectivity index is 0. The fourth-order valence-electron chi connectivity index (χ4n) is 1.11. The SMILES string of the molecule is CC.CC.CC(C)c1ccc(S(F)(F)(F)(F)F)cc1. The first-order valence-electron chi connectivity index (χ1n) is 6.24. The van der Waals surface area contributed by atoms with Gasteiger partial charge in [-0.05, 0) is 23.6 Å². The molecule has 1 aromatic rings. The Morgan fingerprint density at radius 1 is 0.737 bits per heavy atom. The predicted molar refractivity (Wildman–Crippen MR) is 74.6 cm³/mol. The first-order chi connectivity index (χ1) is 8.40. The average molecular weight is 306 g/mol. The van der Waals surface area contributed by atoms with Gasteiger partial charge in [-0.2, -0.15) is 0 Å². The highest BCUT2D eigenvalue weighted by molar-refractivity contribution is 8.45. The standard InChI is InChI=1S/C9H11F5S.2C2H6/c1-7(2)8-3-5-9(6-4-8)15(10,11,12,13)14;2*1-2/h3-7H,1-2H3;2*1-2H3. The molecule has 0 aliphatic rings. The van der Waals surface area contributed by atoms with E-state index in [9.17, 15) is 19.4 Å². The van der Waals surface area contributed by atoms with Crippen molar-refractivity contribution in [1.82, 2.24) is 0 Å². The number of hydrogen-bond donors (Lipinski definition) is 0. The molecule has 0 radical (unpaired) electrons. The lowest BCUT2D eigenvalue weighted by Gasteiger charge is -2.40. The predicted octanol–water partition coefficient (Wildman–Crippen LogP) is 7.52. The third kappa shape index (κ3) is 7.40. The smallest absolute Gasteiger partial charge is 0.0936 e. The van der Waals surface area contributed by atoms with E-state index in [1.54, 1.807) is 13.8 Å². The Bertz CT molecular complexity index is 363. The lowest BCUT2D eigenvalue weighted by atomic mass is 10.0. The van der Waals surface area contributed by atoms with Gasteiger partial charge in [0.1, 0.15) is 4.90 Å². The zero-order valence-corrected chi connectivity index (χ0v) is 13.0. The molecule has 0 saturated carbocycles. The highest BCUT2D eigenvalue weighted by atomic mass is 32.5. The molecule has 116 valence electrons. The van der Waals surface area contributed by atoms with Crippen molar-refractivity contribution in [2.45, 2.75) is 52.4 Å². The number of hydrogen-bond acceptors (Lipinski definition) is 0. The summed E-state index contributed by atoms with van der Waals surface area (Å²) in [5.74, 6) is 0.0116. The van der Waals surface area contributed by atoms with Crippen LogP contribution >= 0.6 is 10.2 Å². The lowest BCUT2D eigenvalue weighted by Crippen LogP contribution is -2.05. The molecule has 1 aromatic carbocycles. The molecule has 0 aromatic heterocycles. The molecular weight excluding hydrogens is 283 g/mol. The first kappa shape index (κ1) is 20.5. The van der Waals surface area contributed by atoms with Crippen molar-refractivity contribution in [3.63, 3.8) is 0 Å². The van der Waals surface area contributed by atoms with Gasteiger partial charge in [0.05, 0.1) is 0 Å². The molecular formula is C13H23F5S. The van der Waals surface area contributed by atoms with Crippen LogP contribution in [-0.2, 0) is 0 Å². The second-order valence-corrected chi connectivity index (χ2v) is 6.10. The fraction of sp³-hybridized carbons (Fsp3) is 0.538. The van der Waals surface area contributed by atoms with E-state index >= 15 is 0 Å². The van der Waals surface area contributed by atoms with E-state index in [4.69, 9.17) is 0 Å². The topological polar surface area (TPSA) is 0 Å². The molecule has 0 fully saturated rings. The van der Waals surface area contributed by atoms with Gasteiger partial charge in [-0.25, -0.2) is 0 Å². The third-order valence-electron chi connectivity index (χ3n) is 1.99. The molecule has 0 nitrogen and oxygen atoms in total. The minimum absolute atomic E-state index is 0.0116. The second-order valence-electron chi connectivity index (χ2n) is 3.69. The summed E-state index contributed by atoms with van der Waals surface area (Å²) in [7, 11) is -9.49. The van der Waals surface area contributed by atoms with Crippen LogP contribution in [0.1, 0.15) is 53.0 Å². The number of benzene rings is 1.